The van der Waals surface area contributed by atoms with Crippen molar-refractivity contribution in [2.75, 3.05) is 5.73 Å². The van der Waals surface area contributed by atoms with E-state index in [0.717, 1.165) is 11.1 Å². The van der Waals surface area contributed by atoms with Crippen molar-refractivity contribution in [3.05, 3.63) is 46.6 Å². The average molecular weight is 261 g/mol. The highest BCUT2D eigenvalue weighted by Crippen LogP contribution is 2.28. The van der Waals surface area contributed by atoms with Gasteiger partial charge in [0.05, 0.1) is 16.4 Å². The fraction of sp³-hybridized carbons (Fsp3) is 0.0769. The third kappa shape index (κ3) is 2.28. The number of rotatable bonds is 2. The molecule has 0 aliphatic rings. The maximum Gasteiger partial charge on any atom is 0.143 e. The van der Waals surface area contributed by atoms with Crippen LogP contribution in [0.5, 0.6) is 0 Å². The fourth-order valence-corrected chi connectivity index (χ4v) is 2.00. The highest BCUT2D eigenvalue weighted by Gasteiger charge is 2.10. The van der Waals surface area contributed by atoms with E-state index in [-0.39, 0.29) is 11.5 Å². The molecule has 4 nitrogen and oxygen atoms in total. The number of nitrogen functional groups attached to an aromatic ring is 2. The van der Waals surface area contributed by atoms with Gasteiger partial charge in [-0.2, -0.15) is 0 Å². The van der Waals surface area contributed by atoms with Gasteiger partial charge in [-0.25, -0.2) is 4.98 Å². The van der Waals surface area contributed by atoms with Crippen LogP contribution in [0.15, 0.2) is 30.3 Å². The van der Waals surface area contributed by atoms with E-state index in [4.69, 9.17) is 28.5 Å². The van der Waals surface area contributed by atoms with Crippen LogP contribution in [0.4, 0.5) is 5.69 Å². The van der Waals surface area contributed by atoms with E-state index in [1.807, 2.05) is 25.1 Å². The number of pyridine rings is 1. The highest BCUT2D eigenvalue weighted by atomic mass is 35.5. The van der Waals surface area contributed by atoms with E-state index in [2.05, 4.69) is 4.98 Å². The van der Waals surface area contributed by atoms with Gasteiger partial charge in [-0.3, -0.25) is 5.41 Å². The summed E-state index contributed by atoms with van der Waals surface area (Å²) >= 11 is 6.18. The summed E-state index contributed by atoms with van der Waals surface area (Å²) in [5.74, 6) is -0.155. The largest absolute Gasteiger partial charge is 0.397 e. The molecule has 5 N–H and O–H groups in total. The first-order chi connectivity index (χ1) is 8.49. The van der Waals surface area contributed by atoms with Gasteiger partial charge in [0.2, 0.25) is 0 Å². The van der Waals surface area contributed by atoms with Crippen molar-refractivity contribution in [2.24, 2.45) is 5.73 Å². The molecule has 0 spiro atoms. The molecule has 2 aromatic rings. The molecule has 0 radical (unpaired) electrons. The standard InChI is InChI=1S/C13H13ClN4/c1-7-2-3-8(9(14)6-7)11-5-4-10(15)12(18-11)13(16)17/h2-6H,15H2,1H3,(H3,16,17). The van der Waals surface area contributed by atoms with Crippen molar-refractivity contribution in [1.29, 1.82) is 5.41 Å². The molecule has 1 heterocycles. The van der Waals surface area contributed by atoms with E-state index in [0.29, 0.717) is 16.4 Å². The number of nitrogens with zero attached hydrogens (tertiary/aromatic N) is 1. The van der Waals surface area contributed by atoms with Crippen LogP contribution in [0.25, 0.3) is 11.3 Å². The highest BCUT2D eigenvalue weighted by molar-refractivity contribution is 6.33. The lowest BCUT2D eigenvalue weighted by Crippen LogP contribution is -2.16. The molecule has 0 saturated heterocycles. The van der Waals surface area contributed by atoms with Crippen molar-refractivity contribution in [2.45, 2.75) is 6.92 Å². The van der Waals surface area contributed by atoms with E-state index in [1.165, 1.54) is 0 Å². The number of anilines is 1. The number of nitrogens with one attached hydrogen (secondary N) is 1. The third-order valence-corrected chi connectivity index (χ3v) is 2.89. The Morgan fingerprint density at radius 1 is 1.28 bits per heavy atom. The van der Waals surface area contributed by atoms with Crippen molar-refractivity contribution < 1.29 is 0 Å². The van der Waals surface area contributed by atoms with Crippen LogP contribution < -0.4 is 11.5 Å². The Balaban J connectivity index is 2.58. The molecule has 0 unspecified atom stereocenters. The average Bonchev–Trinajstić information content (AvgIpc) is 2.30. The maximum atomic E-state index is 7.43. The van der Waals surface area contributed by atoms with Gasteiger partial charge >= 0.3 is 0 Å². The summed E-state index contributed by atoms with van der Waals surface area (Å²) in [6, 6.07) is 9.14. The molecule has 2 rings (SSSR count). The van der Waals surface area contributed by atoms with Gasteiger partial charge in [-0.05, 0) is 30.7 Å². The minimum atomic E-state index is -0.155. The Bertz CT molecular complexity index is 622. The molecule has 5 heteroatoms. The zero-order valence-electron chi connectivity index (χ0n) is 9.87. The second kappa shape index (κ2) is 4.66. The molecular weight excluding hydrogens is 248 g/mol. The predicted molar refractivity (Wildman–Crippen MR) is 74.8 cm³/mol. The predicted octanol–water partition coefficient (Wildman–Crippen LogP) is 2.58. The van der Waals surface area contributed by atoms with Crippen molar-refractivity contribution in [1.82, 2.24) is 4.98 Å². The van der Waals surface area contributed by atoms with Crippen LogP contribution in [-0.2, 0) is 0 Å². The van der Waals surface area contributed by atoms with Crippen LogP contribution in [-0.4, -0.2) is 10.8 Å². The maximum absolute atomic E-state index is 7.43. The number of aryl methyl sites for hydroxylation is 1. The number of hydrogen-bond acceptors (Lipinski definition) is 3. The van der Waals surface area contributed by atoms with Crippen LogP contribution >= 0.6 is 11.6 Å². The fourth-order valence-electron chi connectivity index (χ4n) is 1.66. The Hall–Kier alpha value is -2.07. The lowest BCUT2D eigenvalue weighted by atomic mass is 10.1. The molecule has 0 aliphatic carbocycles. The zero-order valence-corrected chi connectivity index (χ0v) is 10.6. The van der Waals surface area contributed by atoms with E-state index in [1.54, 1.807) is 12.1 Å². The zero-order chi connectivity index (χ0) is 13.3. The number of amidine groups is 1. The summed E-state index contributed by atoms with van der Waals surface area (Å²) in [6.45, 7) is 1.97. The lowest BCUT2D eigenvalue weighted by molar-refractivity contribution is 1.26. The molecule has 1 aromatic heterocycles. The number of nitrogens with two attached hydrogens (primary N) is 2. The van der Waals surface area contributed by atoms with Crippen LogP contribution in [0.2, 0.25) is 5.02 Å². The second-order valence-electron chi connectivity index (χ2n) is 4.03. The van der Waals surface area contributed by atoms with Crippen molar-refractivity contribution in [3.8, 4) is 11.3 Å². The van der Waals surface area contributed by atoms with Crippen LogP contribution in [0, 0.1) is 12.3 Å². The summed E-state index contributed by atoms with van der Waals surface area (Å²) in [7, 11) is 0. The third-order valence-electron chi connectivity index (χ3n) is 2.58. The van der Waals surface area contributed by atoms with Crippen LogP contribution in [0.1, 0.15) is 11.3 Å². The van der Waals surface area contributed by atoms with E-state index < -0.39 is 0 Å². The number of aromatic nitrogens is 1. The van der Waals surface area contributed by atoms with Gasteiger partial charge in [0, 0.05) is 5.56 Å². The first-order valence-corrected chi connectivity index (χ1v) is 5.74. The second-order valence-corrected chi connectivity index (χ2v) is 4.44. The monoisotopic (exact) mass is 260 g/mol. The van der Waals surface area contributed by atoms with Gasteiger partial charge < -0.3 is 11.5 Å². The number of hydrogen-bond donors (Lipinski definition) is 3. The van der Waals surface area contributed by atoms with Crippen molar-refractivity contribution in [3.63, 3.8) is 0 Å². The van der Waals surface area contributed by atoms with Gasteiger partial charge in [0.1, 0.15) is 11.5 Å². The minimum Gasteiger partial charge on any atom is -0.397 e. The molecule has 0 atom stereocenters. The first kappa shape index (κ1) is 12.4. The van der Waals surface area contributed by atoms with E-state index >= 15 is 0 Å². The molecule has 0 bridgehead atoms. The van der Waals surface area contributed by atoms with Crippen LogP contribution in [0.3, 0.4) is 0 Å². The Morgan fingerprint density at radius 3 is 2.61 bits per heavy atom. The van der Waals surface area contributed by atoms with Gasteiger partial charge in [-0.1, -0.05) is 23.7 Å². The number of halogens is 1. The molecule has 1 aromatic carbocycles. The molecule has 18 heavy (non-hydrogen) atoms. The summed E-state index contributed by atoms with van der Waals surface area (Å²) in [4.78, 5) is 4.27. The number of benzene rings is 1. The molecular formula is C13H13ClN4. The Labute approximate surface area is 110 Å². The summed E-state index contributed by atoms with van der Waals surface area (Å²) in [5.41, 5.74) is 14.3. The minimum absolute atomic E-state index is 0.155. The Kier molecular flexibility index (Phi) is 3.21. The van der Waals surface area contributed by atoms with Gasteiger partial charge in [0.15, 0.2) is 0 Å². The lowest BCUT2D eigenvalue weighted by Gasteiger charge is -2.08. The summed E-state index contributed by atoms with van der Waals surface area (Å²) in [5, 5.41) is 8.04. The Morgan fingerprint density at radius 2 is 2.00 bits per heavy atom. The van der Waals surface area contributed by atoms with Crippen molar-refractivity contribution >= 4 is 23.1 Å². The summed E-state index contributed by atoms with van der Waals surface area (Å²) < 4.78 is 0. The quantitative estimate of drug-likeness (QED) is 0.573. The first-order valence-electron chi connectivity index (χ1n) is 5.36. The topological polar surface area (TPSA) is 88.8 Å². The molecule has 0 aliphatic heterocycles. The molecule has 92 valence electrons. The summed E-state index contributed by atoms with van der Waals surface area (Å²) in [6.07, 6.45) is 0. The van der Waals surface area contributed by atoms with Gasteiger partial charge in [-0.15, -0.1) is 0 Å². The normalized spacial score (nSPS) is 10.3. The molecule has 0 saturated carbocycles. The van der Waals surface area contributed by atoms with E-state index in [9.17, 15) is 0 Å². The molecule has 0 amide bonds. The van der Waals surface area contributed by atoms with Gasteiger partial charge in [0.25, 0.3) is 0 Å². The molecule has 0 fully saturated rings. The SMILES string of the molecule is Cc1ccc(-c2ccc(N)c(C(=N)N)n2)c(Cl)c1. The smallest absolute Gasteiger partial charge is 0.143 e.